The minimum absolute atomic E-state index is 0.135. The van der Waals surface area contributed by atoms with Gasteiger partial charge < -0.3 is 16.6 Å². The number of phenols is 1. The van der Waals surface area contributed by atoms with Crippen molar-refractivity contribution < 1.29 is 9.90 Å². The molecule has 0 aliphatic carbocycles. The lowest BCUT2D eigenvalue weighted by molar-refractivity contribution is 0.100. The maximum Gasteiger partial charge on any atom is 0.253 e. The van der Waals surface area contributed by atoms with E-state index >= 15 is 0 Å². The molecule has 0 spiro atoms. The van der Waals surface area contributed by atoms with Crippen LogP contribution in [-0.4, -0.2) is 30.2 Å². The number of aromatic nitrogens is 4. The van der Waals surface area contributed by atoms with Crippen molar-refractivity contribution in [2.45, 2.75) is 13.8 Å². The summed E-state index contributed by atoms with van der Waals surface area (Å²) in [5.41, 5.74) is 15.5. The number of fused-ring (bicyclic) bond motifs is 3. The molecule has 0 saturated carbocycles. The van der Waals surface area contributed by atoms with Gasteiger partial charge in [-0.05, 0) is 31.5 Å². The molecule has 1 amide bonds. The van der Waals surface area contributed by atoms with Gasteiger partial charge in [-0.2, -0.15) is 5.10 Å². The smallest absolute Gasteiger partial charge is 0.253 e. The van der Waals surface area contributed by atoms with Crippen LogP contribution in [-0.2, 0) is 0 Å². The van der Waals surface area contributed by atoms with Crippen LogP contribution in [0.4, 0.5) is 5.82 Å². The molecule has 0 fully saturated rings. The predicted octanol–water partition coefficient (Wildman–Crippen LogP) is 1.68. The number of hydrogen-bond donors (Lipinski definition) is 3. The maximum atomic E-state index is 12.0. The zero-order chi connectivity index (χ0) is 17.9. The van der Waals surface area contributed by atoms with E-state index in [0.29, 0.717) is 27.8 Å². The topological polar surface area (TPSA) is 124 Å². The Bertz CT molecular complexity index is 1170. The van der Waals surface area contributed by atoms with Gasteiger partial charge in [-0.15, -0.1) is 0 Å². The van der Waals surface area contributed by atoms with E-state index in [2.05, 4.69) is 10.1 Å². The highest BCUT2D eigenvalue weighted by Crippen LogP contribution is 2.37. The second-order valence-electron chi connectivity index (χ2n) is 5.94. The van der Waals surface area contributed by atoms with E-state index in [-0.39, 0.29) is 17.1 Å². The Morgan fingerprint density at radius 3 is 2.72 bits per heavy atom. The molecule has 25 heavy (non-hydrogen) atoms. The van der Waals surface area contributed by atoms with Crippen LogP contribution in [0, 0.1) is 13.8 Å². The quantitative estimate of drug-likeness (QED) is 0.513. The number of pyridine rings is 1. The lowest BCUT2D eigenvalue weighted by Crippen LogP contribution is -2.14. The van der Waals surface area contributed by atoms with Gasteiger partial charge in [-0.1, -0.05) is 6.07 Å². The van der Waals surface area contributed by atoms with Crippen molar-refractivity contribution in [3.8, 4) is 11.4 Å². The molecule has 4 aromatic rings. The SMILES string of the molecule is Cc1ccc(O)c(C)c1-n1c(N)c(C(N)=O)c2ccn3ncnc3c21. The monoisotopic (exact) mass is 336 g/mol. The molecule has 0 radical (unpaired) electrons. The molecule has 0 aliphatic rings. The first-order valence-corrected chi connectivity index (χ1v) is 7.63. The number of primary amides is 1. The molecule has 0 unspecified atom stereocenters. The van der Waals surface area contributed by atoms with Gasteiger partial charge in [0.05, 0.1) is 11.3 Å². The predicted molar refractivity (Wildman–Crippen MR) is 93.9 cm³/mol. The molecule has 1 aromatic carbocycles. The minimum Gasteiger partial charge on any atom is -0.508 e. The molecule has 0 aliphatic heterocycles. The van der Waals surface area contributed by atoms with E-state index in [4.69, 9.17) is 11.5 Å². The van der Waals surface area contributed by atoms with Gasteiger partial charge in [0.1, 0.15) is 23.4 Å². The Balaban J connectivity index is 2.29. The average molecular weight is 336 g/mol. The van der Waals surface area contributed by atoms with Crippen LogP contribution in [0.1, 0.15) is 21.5 Å². The lowest BCUT2D eigenvalue weighted by atomic mass is 10.1. The number of nitrogens with zero attached hydrogens (tertiary/aromatic N) is 4. The van der Waals surface area contributed by atoms with Crippen LogP contribution >= 0.6 is 0 Å². The molecule has 5 N–H and O–H groups in total. The number of phenolic OH excluding ortho intramolecular Hbond substituents is 1. The fourth-order valence-corrected chi connectivity index (χ4v) is 3.33. The molecular weight excluding hydrogens is 320 g/mol. The van der Waals surface area contributed by atoms with E-state index in [1.165, 1.54) is 6.33 Å². The van der Waals surface area contributed by atoms with Crippen LogP contribution in [0.5, 0.6) is 5.75 Å². The second kappa shape index (κ2) is 4.97. The number of carbonyl (C=O) groups excluding carboxylic acids is 1. The molecule has 0 saturated heterocycles. The molecule has 0 atom stereocenters. The summed E-state index contributed by atoms with van der Waals surface area (Å²) >= 11 is 0. The summed E-state index contributed by atoms with van der Waals surface area (Å²) in [5, 5.41) is 14.9. The number of nitrogen functional groups attached to an aromatic ring is 1. The number of aryl methyl sites for hydroxylation is 1. The Morgan fingerprint density at radius 2 is 2.00 bits per heavy atom. The number of anilines is 1. The van der Waals surface area contributed by atoms with Crippen molar-refractivity contribution in [1.29, 1.82) is 0 Å². The fraction of sp³-hybridized carbons (Fsp3) is 0.118. The van der Waals surface area contributed by atoms with Gasteiger partial charge in [-0.3, -0.25) is 9.36 Å². The summed E-state index contributed by atoms with van der Waals surface area (Å²) < 4.78 is 3.31. The third kappa shape index (κ3) is 1.90. The van der Waals surface area contributed by atoms with Crippen LogP contribution in [0.3, 0.4) is 0 Å². The molecular formula is C17H16N6O2. The Labute approximate surface area is 142 Å². The van der Waals surface area contributed by atoms with E-state index in [0.717, 1.165) is 5.56 Å². The van der Waals surface area contributed by atoms with Crippen molar-refractivity contribution >= 4 is 28.3 Å². The summed E-state index contributed by atoms with van der Waals surface area (Å²) in [6, 6.07) is 5.14. The third-order valence-corrected chi connectivity index (χ3v) is 4.49. The van der Waals surface area contributed by atoms with E-state index in [1.54, 1.807) is 40.4 Å². The van der Waals surface area contributed by atoms with Gasteiger partial charge in [-0.25, -0.2) is 9.50 Å². The summed E-state index contributed by atoms with van der Waals surface area (Å²) in [6.07, 6.45) is 3.12. The summed E-state index contributed by atoms with van der Waals surface area (Å²) in [7, 11) is 0. The number of nitrogens with two attached hydrogens (primary N) is 2. The number of hydrogen-bond acceptors (Lipinski definition) is 5. The first-order chi connectivity index (χ1) is 11.9. The highest BCUT2D eigenvalue weighted by atomic mass is 16.3. The van der Waals surface area contributed by atoms with Gasteiger partial charge in [0.15, 0.2) is 5.65 Å². The van der Waals surface area contributed by atoms with Gasteiger partial charge in [0, 0.05) is 17.1 Å². The van der Waals surface area contributed by atoms with Crippen LogP contribution < -0.4 is 11.5 Å². The standard InChI is InChI=1S/C17H16N6O2/c1-8-3-4-11(24)9(2)13(8)23-14-10(12(15(23)18)16(19)25)5-6-22-17(14)20-7-21-22/h3-7,24H,18H2,1-2H3,(H2,19,25). The van der Waals surface area contributed by atoms with Gasteiger partial charge in [0.2, 0.25) is 0 Å². The molecule has 3 heterocycles. The third-order valence-electron chi connectivity index (χ3n) is 4.49. The fourth-order valence-electron chi connectivity index (χ4n) is 3.33. The van der Waals surface area contributed by atoms with Crippen LogP contribution in [0.2, 0.25) is 0 Å². The first kappa shape index (κ1) is 15.0. The first-order valence-electron chi connectivity index (χ1n) is 7.63. The number of benzene rings is 1. The number of aromatic hydroxyl groups is 1. The number of rotatable bonds is 2. The van der Waals surface area contributed by atoms with Gasteiger partial charge in [0.25, 0.3) is 5.91 Å². The summed E-state index contributed by atoms with van der Waals surface area (Å²) in [4.78, 5) is 16.3. The van der Waals surface area contributed by atoms with Crippen LogP contribution in [0.25, 0.3) is 22.2 Å². The normalized spacial score (nSPS) is 11.4. The summed E-state index contributed by atoms with van der Waals surface area (Å²) in [6.45, 7) is 3.69. The molecule has 126 valence electrons. The minimum atomic E-state index is -0.624. The van der Waals surface area contributed by atoms with Crippen molar-refractivity contribution in [3.63, 3.8) is 0 Å². The molecule has 8 heteroatoms. The zero-order valence-corrected chi connectivity index (χ0v) is 13.7. The number of carbonyl (C=O) groups is 1. The Kier molecular flexibility index (Phi) is 2.98. The molecule has 4 rings (SSSR count). The lowest BCUT2D eigenvalue weighted by Gasteiger charge is -2.15. The Morgan fingerprint density at radius 1 is 1.24 bits per heavy atom. The summed E-state index contributed by atoms with van der Waals surface area (Å²) in [5.74, 6) is -0.285. The molecule has 8 nitrogen and oxygen atoms in total. The molecule has 3 aromatic heterocycles. The second-order valence-corrected chi connectivity index (χ2v) is 5.94. The Hall–Kier alpha value is -3.55. The van der Waals surface area contributed by atoms with Gasteiger partial charge >= 0.3 is 0 Å². The highest BCUT2D eigenvalue weighted by Gasteiger charge is 2.24. The van der Waals surface area contributed by atoms with Crippen molar-refractivity contribution in [2.24, 2.45) is 5.73 Å². The van der Waals surface area contributed by atoms with Crippen molar-refractivity contribution in [1.82, 2.24) is 19.2 Å². The zero-order valence-electron chi connectivity index (χ0n) is 13.7. The highest BCUT2D eigenvalue weighted by molar-refractivity contribution is 6.14. The average Bonchev–Trinajstić information content (AvgIpc) is 3.14. The van der Waals surface area contributed by atoms with Crippen molar-refractivity contribution in [3.05, 3.63) is 47.4 Å². The van der Waals surface area contributed by atoms with E-state index in [1.807, 2.05) is 6.92 Å². The largest absolute Gasteiger partial charge is 0.508 e. The van der Waals surface area contributed by atoms with Crippen LogP contribution in [0.15, 0.2) is 30.7 Å². The van der Waals surface area contributed by atoms with E-state index in [9.17, 15) is 9.90 Å². The van der Waals surface area contributed by atoms with E-state index < -0.39 is 5.91 Å². The van der Waals surface area contributed by atoms with Crippen molar-refractivity contribution in [2.75, 3.05) is 5.73 Å². The maximum absolute atomic E-state index is 12.0. The number of amides is 1. The molecule has 0 bridgehead atoms.